The van der Waals surface area contributed by atoms with Crippen LogP contribution in [0.1, 0.15) is 36.7 Å². The van der Waals surface area contributed by atoms with Crippen molar-refractivity contribution in [3.63, 3.8) is 0 Å². The van der Waals surface area contributed by atoms with Crippen LogP contribution in [-0.4, -0.2) is 30.2 Å². The van der Waals surface area contributed by atoms with Gasteiger partial charge < -0.3 is 19.5 Å². The molecule has 1 aliphatic heterocycles. The number of pyridine rings is 1. The average Bonchev–Trinajstić information content (AvgIpc) is 2.94. The van der Waals surface area contributed by atoms with E-state index in [-0.39, 0.29) is 23.0 Å². The first-order valence-corrected chi connectivity index (χ1v) is 8.96. The number of anilines is 1. The number of carbonyl (C=O) groups excluding carboxylic acids is 1. The Morgan fingerprint density at radius 2 is 2.08 bits per heavy atom. The molecule has 0 fully saturated rings. The zero-order chi connectivity index (χ0) is 18.7. The van der Waals surface area contributed by atoms with Crippen molar-refractivity contribution < 1.29 is 19.0 Å². The summed E-state index contributed by atoms with van der Waals surface area (Å²) in [6.45, 7) is 6.59. The first-order chi connectivity index (χ1) is 12.5. The fourth-order valence-corrected chi connectivity index (χ4v) is 2.98. The molecule has 26 heavy (non-hydrogen) atoms. The number of ether oxygens (including phenoxy) is 3. The Hall–Kier alpha value is -2.47. The van der Waals surface area contributed by atoms with Gasteiger partial charge in [0.05, 0.1) is 18.9 Å². The summed E-state index contributed by atoms with van der Waals surface area (Å²) in [6, 6.07) is 6.85. The van der Waals surface area contributed by atoms with E-state index >= 15 is 0 Å². The highest BCUT2D eigenvalue weighted by atomic mass is 35.5. The van der Waals surface area contributed by atoms with Gasteiger partial charge in [-0.3, -0.25) is 4.79 Å². The molecule has 7 heteroatoms. The number of fused-ring (bicyclic) bond motifs is 1. The molecular weight excluding hydrogens is 356 g/mol. The Bertz CT molecular complexity index is 825. The zero-order valence-electron chi connectivity index (χ0n) is 15.0. The molecule has 0 saturated heterocycles. The van der Waals surface area contributed by atoms with E-state index in [0.717, 1.165) is 17.7 Å². The van der Waals surface area contributed by atoms with Gasteiger partial charge in [0.15, 0.2) is 0 Å². The van der Waals surface area contributed by atoms with Crippen molar-refractivity contribution in [2.75, 3.05) is 18.5 Å². The first-order valence-electron chi connectivity index (χ1n) is 8.58. The smallest absolute Gasteiger partial charge is 0.261 e. The minimum atomic E-state index is -0.357. The lowest BCUT2D eigenvalue weighted by molar-refractivity contribution is 0.102. The first kappa shape index (κ1) is 18.3. The van der Waals surface area contributed by atoms with Gasteiger partial charge in [0.2, 0.25) is 5.88 Å². The molecule has 138 valence electrons. The fraction of sp³-hybridized carbons (Fsp3) is 0.368. The largest absolute Gasteiger partial charge is 0.492 e. The summed E-state index contributed by atoms with van der Waals surface area (Å²) in [4.78, 5) is 16.8. The van der Waals surface area contributed by atoms with E-state index in [2.05, 4.69) is 10.3 Å². The second-order valence-electron chi connectivity index (χ2n) is 5.90. The highest BCUT2D eigenvalue weighted by Crippen LogP contribution is 2.38. The highest BCUT2D eigenvalue weighted by Gasteiger charge is 2.23. The molecule has 1 amide bonds. The second-order valence-corrected chi connectivity index (χ2v) is 6.28. The molecule has 0 spiro atoms. The van der Waals surface area contributed by atoms with Crippen molar-refractivity contribution >= 4 is 23.2 Å². The number of benzene rings is 1. The molecule has 3 rings (SSSR count). The van der Waals surface area contributed by atoms with Crippen LogP contribution in [0.3, 0.4) is 0 Å². The highest BCUT2D eigenvalue weighted by molar-refractivity contribution is 6.29. The van der Waals surface area contributed by atoms with Crippen LogP contribution < -0.4 is 19.5 Å². The summed E-state index contributed by atoms with van der Waals surface area (Å²) < 4.78 is 16.9. The molecule has 1 atom stereocenters. The van der Waals surface area contributed by atoms with E-state index in [9.17, 15) is 4.79 Å². The SMILES string of the molecule is CCOc1cc2c(cc1NC(=O)c1ccc(Cl)nc1OCC)O[C@@H](C)C2. The number of rotatable bonds is 6. The number of nitrogens with zero attached hydrogens (tertiary/aromatic N) is 1. The van der Waals surface area contributed by atoms with Crippen molar-refractivity contribution in [2.24, 2.45) is 0 Å². The third kappa shape index (κ3) is 3.85. The second kappa shape index (κ2) is 7.83. The van der Waals surface area contributed by atoms with Gasteiger partial charge in [0, 0.05) is 18.1 Å². The summed E-state index contributed by atoms with van der Waals surface area (Å²) in [5.74, 6) is 1.21. The van der Waals surface area contributed by atoms with Crippen molar-refractivity contribution in [2.45, 2.75) is 33.3 Å². The van der Waals surface area contributed by atoms with E-state index in [1.807, 2.05) is 26.8 Å². The molecule has 2 heterocycles. The standard InChI is InChI=1S/C19H21ClN2O4/c1-4-24-16-9-12-8-11(3)26-15(12)10-14(16)21-18(23)13-6-7-17(20)22-19(13)25-5-2/h6-7,9-11H,4-5,8H2,1-3H3,(H,21,23)/t11-/m0/s1. The molecule has 0 unspecified atom stereocenters. The van der Waals surface area contributed by atoms with Crippen LogP contribution >= 0.6 is 11.6 Å². The topological polar surface area (TPSA) is 69.7 Å². The Balaban J connectivity index is 1.91. The maximum atomic E-state index is 12.8. The summed E-state index contributed by atoms with van der Waals surface area (Å²) in [5, 5.41) is 3.13. The number of nitrogens with one attached hydrogen (secondary N) is 1. The average molecular weight is 377 g/mol. The third-order valence-electron chi connectivity index (χ3n) is 3.90. The minimum absolute atomic E-state index is 0.107. The van der Waals surface area contributed by atoms with Gasteiger partial charge in [-0.1, -0.05) is 11.6 Å². The van der Waals surface area contributed by atoms with Gasteiger partial charge >= 0.3 is 0 Å². The van der Waals surface area contributed by atoms with Crippen molar-refractivity contribution in [1.29, 1.82) is 0 Å². The Kier molecular flexibility index (Phi) is 5.52. The van der Waals surface area contributed by atoms with Gasteiger partial charge in [-0.2, -0.15) is 0 Å². The van der Waals surface area contributed by atoms with Gasteiger partial charge in [0.25, 0.3) is 5.91 Å². The van der Waals surface area contributed by atoms with Crippen LogP contribution in [0.2, 0.25) is 5.15 Å². The van der Waals surface area contributed by atoms with E-state index in [4.69, 9.17) is 25.8 Å². The predicted octanol–water partition coefficient (Wildman–Crippen LogP) is 4.11. The lowest BCUT2D eigenvalue weighted by Crippen LogP contribution is -2.15. The molecule has 0 bridgehead atoms. The number of aromatic nitrogens is 1. The Morgan fingerprint density at radius 3 is 2.81 bits per heavy atom. The molecule has 1 N–H and O–H groups in total. The van der Waals surface area contributed by atoms with E-state index in [1.54, 1.807) is 18.2 Å². The van der Waals surface area contributed by atoms with E-state index in [0.29, 0.717) is 30.2 Å². The lowest BCUT2D eigenvalue weighted by atomic mass is 10.1. The maximum Gasteiger partial charge on any atom is 0.261 e. The molecule has 0 aliphatic carbocycles. The number of carbonyl (C=O) groups is 1. The fourth-order valence-electron chi connectivity index (χ4n) is 2.84. The number of hydrogen-bond acceptors (Lipinski definition) is 5. The van der Waals surface area contributed by atoms with Gasteiger partial charge in [-0.05, 0) is 39.0 Å². The van der Waals surface area contributed by atoms with Crippen molar-refractivity contribution in [1.82, 2.24) is 4.98 Å². The van der Waals surface area contributed by atoms with Crippen LogP contribution in [-0.2, 0) is 6.42 Å². The Labute approximate surface area is 157 Å². The van der Waals surface area contributed by atoms with Crippen LogP contribution in [0.25, 0.3) is 0 Å². The normalized spacial score (nSPS) is 15.2. The summed E-state index contributed by atoms with van der Waals surface area (Å²) in [6.07, 6.45) is 0.926. The number of hydrogen-bond donors (Lipinski definition) is 1. The van der Waals surface area contributed by atoms with Crippen LogP contribution in [0, 0.1) is 0 Å². The van der Waals surface area contributed by atoms with Gasteiger partial charge in [-0.15, -0.1) is 0 Å². The molecule has 2 aromatic rings. The molecule has 1 aromatic heterocycles. The number of amides is 1. The zero-order valence-corrected chi connectivity index (χ0v) is 15.7. The minimum Gasteiger partial charge on any atom is -0.492 e. The third-order valence-corrected chi connectivity index (χ3v) is 4.11. The molecule has 1 aromatic carbocycles. The van der Waals surface area contributed by atoms with Gasteiger partial charge in [-0.25, -0.2) is 4.98 Å². The van der Waals surface area contributed by atoms with E-state index < -0.39 is 0 Å². The van der Waals surface area contributed by atoms with Crippen LogP contribution in [0.15, 0.2) is 24.3 Å². The molecule has 0 saturated carbocycles. The quantitative estimate of drug-likeness (QED) is 0.768. The molecular formula is C19H21ClN2O4. The van der Waals surface area contributed by atoms with Crippen LogP contribution in [0.4, 0.5) is 5.69 Å². The van der Waals surface area contributed by atoms with Crippen molar-refractivity contribution in [3.8, 4) is 17.4 Å². The molecule has 0 radical (unpaired) electrons. The summed E-state index contributed by atoms with van der Waals surface area (Å²) in [5.41, 5.74) is 1.91. The molecule has 6 nitrogen and oxygen atoms in total. The summed E-state index contributed by atoms with van der Waals surface area (Å²) in [7, 11) is 0. The van der Waals surface area contributed by atoms with Gasteiger partial charge in [0.1, 0.15) is 28.3 Å². The Morgan fingerprint density at radius 1 is 1.31 bits per heavy atom. The maximum absolute atomic E-state index is 12.8. The lowest BCUT2D eigenvalue weighted by Gasteiger charge is -2.14. The van der Waals surface area contributed by atoms with E-state index in [1.165, 1.54) is 0 Å². The van der Waals surface area contributed by atoms with Crippen LogP contribution in [0.5, 0.6) is 17.4 Å². The predicted molar refractivity (Wildman–Crippen MR) is 99.8 cm³/mol. The summed E-state index contributed by atoms with van der Waals surface area (Å²) >= 11 is 5.90. The monoisotopic (exact) mass is 376 g/mol. The molecule has 1 aliphatic rings. The number of halogens is 1. The van der Waals surface area contributed by atoms with Crippen molar-refractivity contribution in [3.05, 3.63) is 40.5 Å².